The minimum atomic E-state index is -5.08. The zero-order valence-electron chi connectivity index (χ0n) is 21.4. The van der Waals surface area contributed by atoms with Gasteiger partial charge in [-0.05, 0) is 50.8 Å². The van der Waals surface area contributed by atoms with Crippen LogP contribution >= 0.6 is 0 Å². The maximum absolute atomic E-state index is 12.6. The van der Waals surface area contributed by atoms with Gasteiger partial charge >= 0.3 is 24.3 Å². The lowest BCUT2D eigenvalue weighted by atomic mass is 9.77. The summed E-state index contributed by atoms with van der Waals surface area (Å²) in [7, 11) is 2.21. The minimum Gasteiger partial charge on any atom is -0.475 e. The monoisotopic (exact) mass is 573 g/mol. The van der Waals surface area contributed by atoms with Crippen molar-refractivity contribution in [3.8, 4) is 0 Å². The highest BCUT2D eigenvalue weighted by atomic mass is 19.4. The van der Waals surface area contributed by atoms with Gasteiger partial charge in [0.25, 0.3) is 0 Å². The fraction of sp³-hybridized carbons (Fsp3) is 0.708. The number of hydrogen-bond donors (Lipinski definition) is 3. The van der Waals surface area contributed by atoms with E-state index in [9.17, 15) is 31.1 Å². The molecule has 3 aliphatic rings. The fourth-order valence-electron chi connectivity index (χ4n) is 4.69. The number of amides is 1. The number of carboxylic acids is 2. The molecule has 1 aromatic rings. The molecule has 1 spiro atoms. The number of aliphatic carboxylic acids is 2. The Kier molecular flexibility index (Phi) is 11.2. The summed E-state index contributed by atoms with van der Waals surface area (Å²) in [6.45, 7) is 5.84. The van der Waals surface area contributed by atoms with Crippen LogP contribution in [-0.4, -0.2) is 102 Å². The number of aromatic amines is 1. The van der Waals surface area contributed by atoms with Gasteiger partial charge in [-0.1, -0.05) is 0 Å². The number of alkyl halides is 6. The molecular formula is C24H33F6N3O6. The van der Waals surface area contributed by atoms with E-state index < -0.39 is 24.3 Å². The van der Waals surface area contributed by atoms with Gasteiger partial charge in [0, 0.05) is 62.4 Å². The summed E-state index contributed by atoms with van der Waals surface area (Å²) in [4.78, 5) is 38.2. The second kappa shape index (κ2) is 13.5. The lowest BCUT2D eigenvalue weighted by Gasteiger charge is -2.30. The number of aromatic nitrogens is 1. The Balaban J connectivity index is 0.000000317. The van der Waals surface area contributed by atoms with Crippen LogP contribution in [-0.2, 0) is 25.5 Å². The van der Waals surface area contributed by atoms with Gasteiger partial charge in [0.05, 0.1) is 6.61 Å². The average Bonchev–Trinajstić information content (AvgIpc) is 3.19. The Bertz CT molecular complexity index is 927. The molecule has 3 heterocycles. The molecule has 0 radical (unpaired) electrons. The molecule has 4 rings (SSSR count). The first kappa shape index (κ1) is 32.4. The van der Waals surface area contributed by atoms with Crippen LogP contribution in [0.1, 0.15) is 31.4 Å². The summed E-state index contributed by atoms with van der Waals surface area (Å²) in [5.74, 6) is -3.82. The Morgan fingerprint density at radius 3 is 2.13 bits per heavy atom. The molecule has 1 amide bonds. The first-order chi connectivity index (χ1) is 18.0. The lowest BCUT2D eigenvalue weighted by molar-refractivity contribution is -0.193. The largest absolute Gasteiger partial charge is 0.490 e. The Labute approximate surface area is 221 Å². The number of H-pyrrole nitrogens is 1. The van der Waals surface area contributed by atoms with Gasteiger partial charge in [-0.3, -0.25) is 4.79 Å². The summed E-state index contributed by atoms with van der Waals surface area (Å²) >= 11 is 0. The van der Waals surface area contributed by atoms with Crippen LogP contribution in [0.15, 0.2) is 18.3 Å². The maximum Gasteiger partial charge on any atom is 0.490 e. The number of hydrogen-bond acceptors (Lipinski definition) is 5. The average molecular weight is 574 g/mol. The van der Waals surface area contributed by atoms with E-state index in [4.69, 9.17) is 24.5 Å². The molecule has 39 heavy (non-hydrogen) atoms. The van der Waals surface area contributed by atoms with Crippen molar-refractivity contribution in [2.24, 2.45) is 17.3 Å². The minimum absolute atomic E-state index is 0.250. The second-order valence-electron chi connectivity index (χ2n) is 10.1. The molecule has 2 saturated heterocycles. The van der Waals surface area contributed by atoms with E-state index in [0.29, 0.717) is 18.2 Å². The van der Waals surface area contributed by atoms with E-state index in [0.717, 1.165) is 63.8 Å². The third-order valence-electron chi connectivity index (χ3n) is 6.85. The number of aryl methyl sites for hydroxylation is 1. The van der Waals surface area contributed by atoms with E-state index in [1.165, 1.54) is 12.8 Å². The summed E-state index contributed by atoms with van der Waals surface area (Å²) < 4.78 is 69.5. The van der Waals surface area contributed by atoms with Crippen molar-refractivity contribution in [2.75, 3.05) is 46.4 Å². The first-order valence-electron chi connectivity index (χ1n) is 12.3. The Morgan fingerprint density at radius 1 is 1.05 bits per heavy atom. The molecule has 2 aliphatic heterocycles. The molecule has 0 unspecified atom stereocenters. The van der Waals surface area contributed by atoms with Crippen LogP contribution in [0.4, 0.5) is 26.3 Å². The molecule has 2 atom stereocenters. The Morgan fingerprint density at radius 2 is 1.64 bits per heavy atom. The van der Waals surface area contributed by atoms with E-state index in [1.54, 1.807) is 0 Å². The second-order valence-corrected chi connectivity index (χ2v) is 10.1. The van der Waals surface area contributed by atoms with Crippen LogP contribution in [0.5, 0.6) is 0 Å². The van der Waals surface area contributed by atoms with Crippen LogP contribution in [0.2, 0.25) is 0 Å². The molecule has 0 aromatic carbocycles. The van der Waals surface area contributed by atoms with Crippen LogP contribution in [0.3, 0.4) is 0 Å². The van der Waals surface area contributed by atoms with Gasteiger partial charge in [-0.2, -0.15) is 26.3 Å². The van der Waals surface area contributed by atoms with Gasteiger partial charge < -0.3 is 29.7 Å². The van der Waals surface area contributed by atoms with Crippen molar-refractivity contribution in [3.05, 3.63) is 24.0 Å². The summed E-state index contributed by atoms with van der Waals surface area (Å²) in [6.07, 6.45) is -3.01. The standard InChI is InChI=1S/C20H31N3O2.2C2HF3O2/c1-22-11-17(13-25-12-16-4-5-16)20(14-22)8-10-23(15-20)19(24)7-6-18-3-2-9-21-18;2*3-2(4,5)1(6)7/h2-3,9,16-17,21H,4-8,10-15H2,1H3;2*(H,6,7)/t17-,20+;;/m0../s1. The van der Waals surface area contributed by atoms with Crippen LogP contribution in [0, 0.1) is 17.3 Å². The SMILES string of the molecule is CN1C[C@@H](COCC2CC2)[C@]2(CCN(C(=O)CCc3ccc[nH]3)C2)C1.O=C(O)C(F)(F)F.O=C(O)C(F)(F)F. The zero-order chi connectivity index (χ0) is 29.4. The van der Waals surface area contributed by atoms with Gasteiger partial charge in [-0.25, -0.2) is 9.59 Å². The van der Waals surface area contributed by atoms with Crippen LogP contribution < -0.4 is 0 Å². The fourth-order valence-corrected chi connectivity index (χ4v) is 4.69. The van der Waals surface area contributed by atoms with E-state index >= 15 is 0 Å². The molecule has 222 valence electrons. The predicted octanol–water partition coefficient (Wildman–Crippen LogP) is 3.42. The van der Waals surface area contributed by atoms with Gasteiger partial charge in [0.1, 0.15) is 0 Å². The van der Waals surface area contributed by atoms with Crippen molar-refractivity contribution in [3.63, 3.8) is 0 Å². The predicted molar refractivity (Wildman–Crippen MR) is 125 cm³/mol. The highest BCUT2D eigenvalue weighted by Gasteiger charge is 2.50. The molecule has 1 aliphatic carbocycles. The molecule has 1 aromatic heterocycles. The number of likely N-dealkylation sites (tertiary alicyclic amines) is 2. The van der Waals surface area contributed by atoms with E-state index in [1.807, 2.05) is 12.3 Å². The van der Waals surface area contributed by atoms with Crippen molar-refractivity contribution in [1.29, 1.82) is 0 Å². The number of halogens is 6. The number of ether oxygens (including phenoxy) is 1. The summed E-state index contributed by atoms with van der Waals surface area (Å²) in [5, 5.41) is 14.2. The van der Waals surface area contributed by atoms with Crippen molar-refractivity contribution < 1.29 is 55.7 Å². The first-order valence-corrected chi connectivity index (χ1v) is 12.3. The lowest BCUT2D eigenvalue weighted by Crippen LogP contribution is -2.38. The van der Waals surface area contributed by atoms with Gasteiger partial charge in [-0.15, -0.1) is 0 Å². The number of nitrogens with one attached hydrogen (secondary N) is 1. The number of nitrogens with zero attached hydrogens (tertiary/aromatic N) is 2. The smallest absolute Gasteiger partial charge is 0.475 e. The molecule has 3 fully saturated rings. The zero-order valence-corrected chi connectivity index (χ0v) is 21.4. The van der Waals surface area contributed by atoms with Crippen LogP contribution in [0.25, 0.3) is 0 Å². The third kappa shape index (κ3) is 10.7. The highest BCUT2D eigenvalue weighted by molar-refractivity contribution is 5.77. The highest BCUT2D eigenvalue weighted by Crippen LogP contribution is 2.44. The Hall–Kier alpha value is -2.81. The molecule has 15 heteroatoms. The third-order valence-corrected chi connectivity index (χ3v) is 6.85. The quantitative estimate of drug-likeness (QED) is 0.427. The van der Waals surface area contributed by atoms with Crippen molar-refractivity contribution in [2.45, 2.75) is 44.5 Å². The van der Waals surface area contributed by atoms with Crippen molar-refractivity contribution >= 4 is 17.8 Å². The number of carbonyl (C=O) groups excluding carboxylic acids is 1. The molecule has 1 saturated carbocycles. The number of carboxylic acid groups (broad SMARTS) is 2. The van der Waals surface area contributed by atoms with Gasteiger partial charge in [0.15, 0.2) is 0 Å². The molecule has 3 N–H and O–H groups in total. The summed E-state index contributed by atoms with van der Waals surface area (Å²) in [6, 6.07) is 4.04. The topological polar surface area (TPSA) is 123 Å². The molecule has 9 nitrogen and oxygen atoms in total. The van der Waals surface area contributed by atoms with E-state index in [2.05, 4.69) is 27.9 Å². The van der Waals surface area contributed by atoms with E-state index in [-0.39, 0.29) is 5.41 Å². The van der Waals surface area contributed by atoms with Gasteiger partial charge in [0.2, 0.25) is 5.91 Å². The van der Waals surface area contributed by atoms with Crippen molar-refractivity contribution in [1.82, 2.24) is 14.8 Å². The summed E-state index contributed by atoms with van der Waals surface area (Å²) in [5.41, 5.74) is 1.40. The maximum atomic E-state index is 12.6. The molecular weight excluding hydrogens is 540 g/mol. The number of rotatable bonds is 7. The number of carbonyl (C=O) groups is 3. The molecule has 0 bridgehead atoms. The normalized spacial score (nSPS) is 23.2.